The number of quaternary nitrogens is 1. The Morgan fingerprint density at radius 1 is 1.24 bits per heavy atom. The fourth-order valence-electron chi connectivity index (χ4n) is 2.61. The van der Waals surface area contributed by atoms with Gasteiger partial charge < -0.3 is 15.0 Å². The van der Waals surface area contributed by atoms with E-state index in [4.69, 9.17) is 39.5 Å². The van der Waals surface area contributed by atoms with Gasteiger partial charge in [0, 0.05) is 5.02 Å². The van der Waals surface area contributed by atoms with Gasteiger partial charge in [-0.05, 0) is 26.0 Å². The van der Waals surface area contributed by atoms with Crippen LogP contribution in [0.2, 0.25) is 15.1 Å². The zero-order valence-electron chi connectivity index (χ0n) is 11.9. The molecule has 21 heavy (non-hydrogen) atoms. The number of hydrogen-bond acceptors (Lipinski definition) is 2. The van der Waals surface area contributed by atoms with Gasteiger partial charge >= 0.3 is 0 Å². The first-order valence-corrected chi connectivity index (χ1v) is 7.92. The molecule has 3 atom stereocenters. The lowest BCUT2D eigenvalue weighted by atomic mass is 10.2. The van der Waals surface area contributed by atoms with Gasteiger partial charge in [-0.3, -0.25) is 4.79 Å². The molecule has 1 amide bonds. The van der Waals surface area contributed by atoms with E-state index in [1.54, 1.807) is 12.1 Å². The van der Waals surface area contributed by atoms with Gasteiger partial charge in [0.25, 0.3) is 5.91 Å². The molecule has 0 aliphatic carbocycles. The third-order valence-corrected chi connectivity index (χ3v) is 4.11. The summed E-state index contributed by atoms with van der Waals surface area (Å²) in [4.78, 5) is 13.3. The Hall–Kier alpha value is -0.520. The highest BCUT2D eigenvalue weighted by Gasteiger charge is 2.27. The topological polar surface area (TPSA) is 42.8 Å². The molecule has 2 N–H and O–H groups in total. The summed E-state index contributed by atoms with van der Waals surface area (Å²) < 4.78 is 5.66. The maximum absolute atomic E-state index is 12.2. The van der Waals surface area contributed by atoms with E-state index in [9.17, 15) is 4.79 Å². The number of anilines is 1. The highest BCUT2D eigenvalue weighted by Crippen LogP contribution is 2.33. The molecule has 1 heterocycles. The van der Waals surface area contributed by atoms with Crippen LogP contribution in [0.5, 0.6) is 0 Å². The van der Waals surface area contributed by atoms with E-state index in [2.05, 4.69) is 5.32 Å². The van der Waals surface area contributed by atoms with Crippen LogP contribution >= 0.6 is 34.8 Å². The van der Waals surface area contributed by atoms with Gasteiger partial charge in [0.05, 0.1) is 15.7 Å². The number of rotatable bonds is 3. The maximum atomic E-state index is 12.2. The Balaban J connectivity index is 1.99. The number of halogens is 3. The third-order valence-electron chi connectivity index (χ3n) is 3.30. The lowest BCUT2D eigenvalue weighted by Gasteiger charge is -2.31. The third kappa shape index (κ3) is 4.73. The average Bonchev–Trinajstić information content (AvgIpc) is 2.32. The van der Waals surface area contributed by atoms with Crippen LogP contribution in [0.15, 0.2) is 12.1 Å². The van der Waals surface area contributed by atoms with E-state index >= 15 is 0 Å². The molecule has 116 valence electrons. The molecule has 0 radical (unpaired) electrons. The molecule has 0 spiro atoms. The molecule has 2 rings (SSSR count). The van der Waals surface area contributed by atoms with Gasteiger partial charge in [0.1, 0.15) is 25.3 Å². The number of nitrogens with one attached hydrogen (secondary N) is 2. The minimum absolute atomic E-state index is 0.127. The Morgan fingerprint density at radius 3 is 2.29 bits per heavy atom. The summed E-state index contributed by atoms with van der Waals surface area (Å²) >= 11 is 18.0. The number of hydrogen-bond donors (Lipinski definition) is 2. The summed E-state index contributed by atoms with van der Waals surface area (Å²) in [5, 5.41) is 3.86. The standard InChI is InChI=1S/C14H17Cl3N2O2/c1-8-5-19(6-9(2)21-8)7-13(20)18-14-11(16)3-10(15)4-12(14)17/h3-4,8-9H,5-7H2,1-2H3,(H,18,20)/p+1/t8-,9+. The Morgan fingerprint density at radius 2 is 1.76 bits per heavy atom. The van der Waals surface area contributed by atoms with Crippen molar-refractivity contribution in [1.29, 1.82) is 0 Å². The van der Waals surface area contributed by atoms with Crippen molar-refractivity contribution in [2.75, 3.05) is 25.0 Å². The van der Waals surface area contributed by atoms with Crippen molar-refractivity contribution in [2.45, 2.75) is 26.1 Å². The number of morpholine rings is 1. The summed E-state index contributed by atoms with van der Waals surface area (Å²) in [5.41, 5.74) is 0.404. The first-order valence-electron chi connectivity index (χ1n) is 6.78. The lowest BCUT2D eigenvalue weighted by Crippen LogP contribution is -3.16. The summed E-state index contributed by atoms with van der Waals surface area (Å²) in [6.07, 6.45) is 0.304. The minimum atomic E-state index is -0.127. The van der Waals surface area contributed by atoms with Crippen molar-refractivity contribution in [1.82, 2.24) is 0 Å². The molecule has 0 saturated carbocycles. The van der Waals surface area contributed by atoms with Gasteiger partial charge in [-0.2, -0.15) is 0 Å². The number of carbonyl (C=O) groups excluding carboxylic acids is 1. The van der Waals surface area contributed by atoms with E-state index in [0.29, 0.717) is 27.3 Å². The number of amides is 1. The zero-order valence-corrected chi connectivity index (χ0v) is 14.1. The quantitative estimate of drug-likeness (QED) is 0.876. The van der Waals surface area contributed by atoms with Crippen LogP contribution in [0, 0.1) is 0 Å². The predicted octanol–water partition coefficient (Wildman–Crippen LogP) is 2.28. The van der Waals surface area contributed by atoms with E-state index in [1.165, 1.54) is 4.90 Å². The summed E-state index contributed by atoms with van der Waals surface area (Å²) in [7, 11) is 0. The monoisotopic (exact) mass is 351 g/mol. The summed E-state index contributed by atoms with van der Waals surface area (Å²) in [6.45, 7) is 5.99. The van der Waals surface area contributed by atoms with Crippen molar-refractivity contribution >= 4 is 46.4 Å². The number of benzene rings is 1. The smallest absolute Gasteiger partial charge is 0.279 e. The maximum Gasteiger partial charge on any atom is 0.279 e. The second-order valence-electron chi connectivity index (χ2n) is 5.38. The van der Waals surface area contributed by atoms with E-state index in [0.717, 1.165) is 13.1 Å². The molecule has 1 aromatic rings. The number of carbonyl (C=O) groups is 1. The van der Waals surface area contributed by atoms with Crippen LogP contribution < -0.4 is 10.2 Å². The molecule has 1 aliphatic heterocycles. The largest absolute Gasteiger partial charge is 0.364 e. The predicted molar refractivity (Wildman–Crippen MR) is 85.7 cm³/mol. The minimum Gasteiger partial charge on any atom is -0.364 e. The molecule has 1 fully saturated rings. The van der Waals surface area contributed by atoms with Gasteiger partial charge in [0.15, 0.2) is 6.54 Å². The highest BCUT2D eigenvalue weighted by molar-refractivity contribution is 6.42. The van der Waals surface area contributed by atoms with E-state index in [1.807, 2.05) is 13.8 Å². The average molecular weight is 353 g/mol. The molecule has 1 aliphatic rings. The van der Waals surface area contributed by atoms with Gasteiger partial charge in [-0.15, -0.1) is 0 Å². The molecule has 7 heteroatoms. The highest BCUT2D eigenvalue weighted by atomic mass is 35.5. The normalized spacial score (nSPS) is 25.7. The fraction of sp³-hybridized carbons (Fsp3) is 0.500. The Kier molecular flexibility index (Phi) is 5.74. The lowest BCUT2D eigenvalue weighted by molar-refractivity contribution is -0.907. The van der Waals surface area contributed by atoms with Crippen LogP contribution in [0.25, 0.3) is 0 Å². The first kappa shape index (κ1) is 16.8. The second kappa shape index (κ2) is 7.16. The molecule has 0 aromatic heterocycles. The Bertz CT molecular complexity index is 506. The molecule has 1 unspecified atom stereocenters. The molecular weight excluding hydrogens is 335 g/mol. The van der Waals surface area contributed by atoms with Crippen molar-refractivity contribution < 1.29 is 14.4 Å². The summed E-state index contributed by atoms with van der Waals surface area (Å²) in [5.74, 6) is -0.127. The van der Waals surface area contributed by atoms with Crippen molar-refractivity contribution in [3.05, 3.63) is 27.2 Å². The molecular formula is C14H18Cl3N2O2+. The molecule has 1 aromatic carbocycles. The first-order chi connectivity index (χ1) is 9.85. The van der Waals surface area contributed by atoms with Gasteiger partial charge in [0.2, 0.25) is 0 Å². The van der Waals surface area contributed by atoms with E-state index in [-0.39, 0.29) is 18.1 Å². The van der Waals surface area contributed by atoms with Crippen molar-refractivity contribution in [2.24, 2.45) is 0 Å². The van der Waals surface area contributed by atoms with Crippen LogP contribution in [0.3, 0.4) is 0 Å². The van der Waals surface area contributed by atoms with Crippen LogP contribution in [-0.4, -0.2) is 37.7 Å². The second-order valence-corrected chi connectivity index (χ2v) is 6.64. The van der Waals surface area contributed by atoms with Gasteiger partial charge in [-0.25, -0.2) is 0 Å². The zero-order chi connectivity index (χ0) is 15.6. The van der Waals surface area contributed by atoms with Crippen molar-refractivity contribution in [3.63, 3.8) is 0 Å². The van der Waals surface area contributed by atoms with Crippen molar-refractivity contribution in [3.8, 4) is 0 Å². The molecule has 1 saturated heterocycles. The van der Waals surface area contributed by atoms with Crippen LogP contribution in [-0.2, 0) is 9.53 Å². The molecule has 4 nitrogen and oxygen atoms in total. The fourth-order valence-corrected chi connectivity index (χ4v) is 3.52. The van der Waals surface area contributed by atoms with Crippen LogP contribution in [0.4, 0.5) is 5.69 Å². The van der Waals surface area contributed by atoms with E-state index < -0.39 is 0 Å². The number of ether oxygens (including phenoxy) is 1. The van der Waals surface area contributed by atoms with Gasteiger partial charge in [-0.1, -0.05) is 34.8 Å². The summed E-state index contributed by atoms with van der Waals surface area (Å²) in [6, 6.07) is 3.10. The molecule has 0 bridgehead atoms. The SMILES string of the molecule is C[C@@H]1C[NH+](CC(=O)Nc2c(Cl)cc(Cl)cc2Cl)C[C@H](C)O1. The Labute approximate surface area is 139 Å². The van der Waals surface area contributed by atoms with Crippen LogP contribution in [0.1, 0.15) is 13.8 Å².